The molecule has 3 rings (SSSR count). The third-order valence-corrected chi connectivity index (χ3v) is 5.26. The number of nitrogens with one attached hydrogen (secondary N) is 1. The first-order valence-corrected chi connectivity index (χ1v) is 9.65. The van der Waals surface area contributed by atoms with Crippen LogP contribution in [-0.2, 0) is 4.74 Å². The van der Waals surface area contributed by atoms with Gasteiger partial charge in [0.05, 0.1) is 22.8 Å². The Bertz CT molecular complexity index is 1080. The molecule has 1 unspecified atom stereocenters. The molecule has 1 amide bonds. The molecule has 5 heteroatoms. The monoisotopic (exact) mass is 379 g/mol. The number of hydrogen-bond acceptors (Lipinski definition) is 4. The topological polar surface area (TPSA) is 64.1 Å². The number of ether oxygens (including phenoxy) is 1. The molecule has 1 atom stereocenters. The molecule has 0 aliphatic carbocycles. The van der Waals surface area contributed by atoms with Crippen molar-refractivity contribution in [2.45, 2.75) is 67.0 Å². The van der Waals surface area contributed by atoms with Crippen LogP contribution >= 0.6 is 0 Å². The van der Waals surface area contributed by atoms with Gasteiger partial charge in [-0.25, -0.2) is 9.78 Å². The van der Waals surface area contributed by atoms with Crippen LogP contribution in [0.4, 0.5) is 4.79 Å². The number of hydrogen-bond donors (Lipinski definition) is 1. The Morgan fingerprint density at radius 2 is 1.61 bits per heavy atom. The minimum absolute atomic E-state index is 0.278. The number of nitrogens with zero attached hydrogens (tertiary/aromatic N) is 2. The second kappa shape index (κ2) is 7.04. The van der Waals surface area contributed by atoms with Gasteiger partial charge in [0.15, 0.2) is 0 Å². The molecule has 0 aliphatic rings. The van der Waals surface area contributed by atoms with Gasteiger partial charge in [0.25, 0.3) is 0 Å². The first-order valence-electron chi connectivity index (χ1n) is 9.65. The van der Waals surface area contributed by atoms with E-state index in [9.17, 15) is 4.79 Å². The summed E-state index contributed by atoms with van der Waals surface area (Å²) in [7, 11) is 0. The van der Waals surface area contributed by atoms with Gasteiger partial charge in [0.2, 0.25) is 0 Å². The highest BCUT2D eigenvalue weighted by atomic mass is 16.6. The zero-order valence-electron chi connectivity index (χ0n) is 18.0. The van der Waals surface area contributed by atoms with Crippen molar-refractivity contribution in [2.24, 2.45) is 0 Å². The molecule has 2 aromatic heterocycles. The molecule has 148 valence electrons. The lowest BCUT2D eigenvalue weighted by atomic mass is 9.97. The van der Waals surface area contributed by atoms with E-state index in [1.54, 1.807) is 0 Å². The summed E-state index contributed by atoms with van der Waals surface area (Å²) in [4.78, 5) is 21.9. The molecule has 2 heterocycles. The molecule has 0 saturated heterocycles. The summed E-state index contributed by atoms with van der Waals surface area (Å²) < 4.78 is 5.40. The molecule has 1 N–H and O–H groups in total. The largest absolute Gasteiger partial charge is 0.444 e. The zero-order valence-corrected chi connectivity index (χ0v) is 18.0. The van der Waals surface area contributed by atoms with Gasteiger partial charge in [-0.3, -0.25) is 4.98 Å². The molecule has 5 nitrogen and oxygen atoms in total. The van der Waals surface area contributed by atoms with Crippen molar-refractivity contribution < 1.29 is 9.53 Å². The molecular formula is C23H29N3O2. The van der Waals surface area contributed by atoms with Crippen LogP contribution < -0.4 is 5.32 Å². The molecule has 0 radical (unpaired) electrons. The van der Waals surface area contributed by atoms with Gasteiger partial charge in [-0.05, 0) is 77.6 Å². The van der Waals surface area contributed by atoms with Gasteiger partial charge in [-0.1, -0.05) is 12.1 Å². The Morgan fingerprint density at radius 3 is 2.21 bits per heavy atom. The highest BCUT2D eigenvalue weighted by molar-refractivity contribution is 6.05. The van der Waals surface area contributed by atoms with Crippen molar-refractivity contribution in [1.29, 1.82) is 0 Å². The van der Waals surface area contributed by atoms with Gasteiger partial charge >= 0.3 is 6.09 Å². The maximum Gasteiger partial charge on any atom is 0.408 e. The minimum atomic E-state index is -0.541. The average Bonchev–Trinajstić information content (AvgIpc) is 2.58. The van der Waals surface area contributed by atoms with Crippen LogP contribution in [0.5, 0.6) is 0 Å². The van der Waals surface area contributed by atoms with E-state index in [4.69, 9.17) is 9.72 Å². The fourth-order valence-electron chi connectivity index (χ4n) is 3.47. The number of carbonyl (C=O) groups is 1. The number of carbonyl (C=O) groups excluding carboxylic acids is 1. The lowest BCUT2D eigenvalue weighted by molar-refractivity contribution is 0.0507. The third-order valence-electron chi connectivity index (χ3n) is 5.26. The highest BCUT2D eigenvalue weighted by Crippen LogP contribution is 2.31. The van der Waals surface area contributed by atoms with Crippen LogP contribution in [0.15, 0.2) is 18.3 Å². The predicted molar refractivity (Wildman–Crippen MR) is 114 cm³/mol. The third kappa shape index (κ3) is 3.66. The highest BCUT2D eigenvalue weighted by Gasteiger charge is 2.21. The first-order chi connectivity index (χ1) is 13.0. The van der Waals surface area contributed by atoms with E-state index < -0.39 is 11.7 Å². The SMILES string of the molecule is Cc1cnc2c(ccc3c(C)c(C)c(C(C)NC(=O)OC(C)(C)C)nc32)c1C. The molecule has 0 saturated carbocycles. The molecule has 1 aromatic carbocycles. The van der Waals surface area contributed by atoms with E-state index in [1.165, 1.54) is 5.56 Å². The van der Waals surface area contributed by atoms with Crippen LogP contribution in [0.3, 0.4) is 0 Å². The zero-order chi connectivity index (χ0) is 20.8. The number of rotatable bonds is 2. The molecule has 3 aromatic rings. The average molecular weight is 380 g/mol. The summed E-state index contributed by atoms with van der Waals surface area (Å²) in [5.41, 5.74) is 6.67. The Hall–Kier alpha value is -2.69. The Labute approximate surface area is 166 Å². The van der Waals surface area contributed by atoms with Gasteiger partial charge in [-0.15, -0.1) is 0 Å². The fraction of sp³-hybridized carbons (Fsp3) is 0.435. The minimum Gasteiger partial charge on any atom is -0.444 e. The number of aromatic nitrogens is 2. The summed E-state index contributed by atoms with van der Waals surface area (Å²) in [5, 5.41) is 5.11. The van der Waals surface area contributed by atoms with Crippen molar-refractivity contribution in [3.05, 3.63) is 46.3 Å². The number of alkyl carbamates (subject to hydrolysis) is 1. The maximum absolute atomic E-state index is 12.2. The van der Waals surface area contributed by atoms with Crippen LogP contribution in [0.25, 0.3) is 21.8 Å². The summed E-state index contributed by atoms with van der Waals surface area (Å²) in [6.07, 6.45) is 1.46. The Morgan fingerprint density at radius 1 is 1.00 bits per heavy atom. The number of amides is 1. The number of pyridine rings is 2. The molecule has 0 aliphatic heterocycles. The molecule has 0 fully saturated rings. The van der Waals surface area contributed by atoms with Gasteiger partial charge < -0.3 is 10.1 Å². The quantitative estimate of drug-likeness (QED) is 0.588. The maximum atomic E-state index is 12.2. The summed E-state index contributed by atoms with van der Waals surface area (Å²) >= 11 is 0. The second-order valence-electron chi connectivity index (χ2n) is 8.54. The second-order valence-corrected chi connectivity index (χ2v) is 8.54. The summed E-state index contributed by atoms with van der Waals surface area (Å²) in [6.45, 7) is 15.8. The van der Waals surface area contributed by atoms with E-state index >= 15 is 0 Å². The molecule has 0 bridgehead atoms. The van der Waals surface area contributed by atoms with Crippen LogP contribution in [0, 0.1) is 27.7 Å². The smallest absolute Gasteiger partial charge is 0.408 e. The van der Waals surface area contributed by atoms with E-state index in [-0.39, 0.29) is 6.04 Å². The van der Waals surface area contributed by atoms with Crippen molar-refractivity contribution >= 4 is 27.9 Å². The van der Waals surface area contributed by atoms with Crippen molar-refractivity contribution in [3.63, 3.8) is 0 Å². The van der Waals surface area contributed by atoms with E-state index in [2.05, 4.69) is 43.2 Å². The fourth-order valence-corrected chi connectivity index (χ4v) is 3.47. The lowest BCUT2D eigenvalue weighted by Gasteiger charge is -2.23. The van der Waals surface area contributed by atoms with E-state index in [0.29, 0.717) is 0 Å². The van der Waals surface area contributed by atoms with Crippen LogP contribution in [0.1, 0.15) is 61.7 Å². The predicted octanol–water partition coefficient (Wildman–Crippen LogP) is 5.60. The van der Waals surface area contributed by atoms with Crippen molar-refractivity contribution in [1.82, 2.24) is 15.3 Å². The lowest BCUT2D eigenvalue weighted by Crippen LogP contribution is -2.34. The van der Waals surface area contributed by atoms with Gasteiger partial charge in [-0.2, -0.15) is 0 Å². The number of aryl methyl sites for hydroxylation is 3. The van der Waals surface area contributed by atoms with Gasteiger partial charge in [0, 0.05) is 17.0 Å². The van der Waals surface area contributed by atoms with Gasteiger partial charge in [0.1, 0.15) is 5.60 Å². The van der Waals surface area contributed by atoms with Crippen LogP contribution in [-0.4, -0.2) is 21.7 Å². The van der Waals surface area contributed by atoms with Crippen molar-refractivity contribution in [3.8, 4) is 0 Å². The van der Waals surface area contributed by atoms with Crippen LogP contribution in [0.2, 0.25) is 0 Å². The number of fused-ring (bicyclic) bond motifs is 3. The summed E-state index contributed by atoms with van der Waals surface area (Å²) in [6, 6.07) is 3.97. The van der Waals surface area contributed by atoms with E-state index in [1.807, 2.05) is 40.8 Å². The molecular weight excluding hydrogens is 350 g/mol. The Kier molecular flexibility index (Phi) is 5.04. The molecule has 0 spiro atoms. The van der Waals surface area contributed by atoms with Crippen molar-refractivity contribution in [2.75, 3.05) is 0 Å². The number of benzene rings is 1. The standard InChI is InChI=1S/C23H29N3O2/c1-12-11-24-20-17(13(12)2)9-10-18-14(3)15(4)19(26-21(18)20)16(5)25-22(27)28-23(6,7)8/h9-11,16H,1-8H3,(H,25,27). The first kappa shape index (κ1) is 20.1. The molecule has 28 heavy (non-hydrogen) atoms. The normalized spacial score (nSPS) is 13.0. The van der Waals surface area contributed by atoms with E-state index in [0.717, 1.165) is 44.2 Å². The Balaban J connectivity index is 2.13. The summed E-state index contributed by atoms with van der Waals surface area (Å²) in [5.74, 6) is 0.